The van der Waals surface area contributed by atoms with Crippen LogP contribution in [0, 0.1) is 0 Å². The van der Waals surface area contributed by atoms with E-state index in [4.69, 9.17) is 11.6 Å². The van der Waals surface area contributed by atoms with Crippen LogP contribution >= 0.6 is 23.4 Å². The second-order valence-corrected chi connectivity index (χ2v) is 6.92. The second-order valence-electron chi connectivity index (χ2n) is 5.55. The third kappa shape index (κ3) is 5.08. The third-order valence-corrected chi connectivity index (χ3v) is 4.84. The Balaban J connectivity index is 1.54. The van der Waals surface area contributed by atoms with Gasteiger partial charge in [-0.3, -0.25) is 4.79 Å². The number of hydrogen-bond donors (Lipinski definition) is 2. The molecule has 1 heterocycles. The van der Waals surface area contributed by atoms with Gasteiger partial charge in [0.25, 0.3) is 5.91 Å². The van der Waals surface area contributed by atoms with Gasteiger partial charge in [0.1, 0.15) is 5.75 Å². The van der Waals surface area contributed by atoms with Crippen molar-refractivity contribution >= 4 is 35.5 Å². The van der Waals surface area contributed by atoms with Gasteiger partial charge in [0.05, 0.1) is 12.0 Å². The molecular formula is C18H16ClN5O2S. The van der Waals surface area contributed by atoms with Crippen molar-refractivity contribution in [3.05, 3.63) is 59.1 Å². The summed E-state index contributed by atoms with van der Waals surface area (Å²) in [6, 6.07) is 13.8. The third-order valence-electron chi connectivity index (χ3n) is 3.57. The van der Waals surface area contributed by atoms with E-state index < -0.39 is 0 Å². The van der Waals surface area contributed by atoms with Gasteiger partial charge in [0, 0.05) is 17.6 Å². The van der Waals surface area contributed by atoms with Crippen LogP contribution in [-0.2, 0) is 11.8 Å². The Morgan fingerprint density at radius 3 is 2.63 bits per heavy atom. The highest BCUT2D eigenvalue weighted by atomic mass is 35.5. The maximum absolute atomic E-state index is 11.9. The largest absolute Gasteiger partial charge is 0.508 e. The number of benzene rings is 2. The van der Waals surface area contributed by atoms with Gasteiger partial charge in [-0.15, -0.1) is 10.2 Å². The highest BCUT2D eigenvalue weighted by molar-refractivity contribution is 7.99. The van der Waals surface area contributed by atoms with E-state index in [0.717, 1.165) is 11.1 Å². The topological polar surface area (TPSA) is 92.4 Å². The van der Waals surface area contributed by atoms with Crippen molar-refractivity contribution in [3.8, 4) is 17.1 Å². The first-order valence-electron chi connectivity index (χ1n) is 7.92. The molecule has 0 aliphatic carbocycles. The molecule has 138 valence electrons. The molecule has 2 N–H and O–H groups in total. The molecule has 0 spiro atoms. The summed E-state index contributed by atoms with van der Waals surface area (Å²) in [4.78, 5) is 11.9. The Bertz CT molecular complexity index is 955. The van der Waals surface area contributed by atoms with Crippen molar-refractivity contribution in [2.45, 2.75) is 5.16 Å². The average molecular weight is 402 g/mol. The number of aromatic nitrogens is 3. The lowest BCUT2D eigenvalue weighted by atomic mass is 10.2. The van der Waals surface area contributed by atoms with Gasteiger partial charge >= 0.3 is 0 Å². The van der Waals surface area contributed by atoms with Crippen molar-refractivity contribution in [1.29, 1.82) is 0 Å². The number of carbonyl (C=O) groups is 1. The van der Waals surface area contributed by atoms with Crippen LogP contribution in [0.2, 0.25) is 5.02 Å². The van der Waals surface area contributed by atoms with Gasteiger partial charge in [-0.1, -0.05) is 23.4 Å². The molecular weight excluding hydrogens is 386 g/mol. The molecule has 9 heteroatoms. The minimum atomic E-state index is -0.258. The lowest BCUT2D eigenvalue weighted by Crippen LogP contribution is -2.19. The molecule has 27 heavy (non-hydrogen) atoms. The number of carbonyl (C=O) groups excluding carboxylic acids is 1. The molecule has 0 saturated heterocycles. The number of amides is 1. The van der Waals surface area contributed by atoms with Crippen LogP contribution in [0.15, 0.2) is 58.8 Å². The first-order valence-corrected chi connectivity index (χ1v) is 9.28. The first kappa shape index (κ1) is 18.9. The van der Waals surface area contributed by atoms with E-state index in [1.54, 1.807) is 36.4 Å². The summed E-state index contributed by atoms with van der Waals surface area (Å²) in [7, 11) is 1.84. The predicted molar refractivity (Wildman–Crippen MR) is 106 cm³/mol. The fraction of sp³-hybridized carbons (Fsp3) is 0.111. The van der Waals surface area contributed by atoms with Crippen LogP contribution in [-0.4, -0.2) is 37.7 Å². The van der Waals surface area contributed by atoms with Crippen molar-refractivity contribution < 1.29 is 9.90 Å². The maximum Gasteiger partial charge on any atom is 0.250 e. The Kier molecular flexibility index (Phi) is 6.10. The van der Waals surface area contributed by atoms with Gasteiger partial charge in [0.2, 0.25) is 0 Å². The highest BCUT2D eigenvalue weighted by Gasteiger charge is 2.12. The van der Waals surface area contributed by atoms with Crippen LogP contribution < -0.4 is 5.43 Å². The number of rotatable bonds is 6. The number of phenols is 1. The molecule has 0 aliphatic rings. The normalized spacial score (nSPS) is 11.0. The molecule has 1 aromatic heterocycles. The van der Waals surface area contributed by atoms with E-state index in [9.17, 15) is 9.90 Å². The number of aromatic hydroxyl groups is 1. The highest BCUT2D eigenvalue weighted by Crippen LogP contribution is 2.23. The summed E-state index contributed by atoms with van der Waals surface area (Å²) in [6.45, 7) is 0. The van der Waals surface area contributed by atoms with E-state index in [0.29, 0.717) is 16.0 Å². The van der Waals surface area contributed by atoms with Crippen LogP contribution in [0.3, 0.4) is 0 Å². The van der Waals surface area contributed by atoms with E-state index in [1.165, 1.54) is 18.0 Å². The molecule has 0 atom stereocenters. The van der Waals surface area contributed by atoms with Crippen molar-refractivity contribution in [2.24, 2.45) is 12.1 Å². The SMILES string of the molecule is Cn1c(SCC(=O)N/N=C/c2ccc(O)cc2)nnc1-c1ccc(Cl)cc1. The fourth-order valence-electron chi connectivity index (χ4n) is 2.19. The predicted octanol–water partition coefficient (Wildman–Crippen LogP) is 3.08. The Morgan fingerprint density at radius 2 is 1.93 bits per heavy atom. The summed E-state index contributed by atoms with van der Waals surface area (Å²) in [5.41, 5.74) is 4.11. The number of nitrogens with one attached hydrogen (secondary N) is 1. The molecule has 1 amide bonds. The number of phenolic OH excluding ortho intramolecular Hbond substituents is 1. The Morgan fingerprint density at radius 1 is 1.22 bits per heavy atom. The summed E-state index contributed by atoms with van der Waals surface area (Å²) in [5.74, 6) is 0.764. The molecule has 7 nitrogen and oxygen atoms in total. The molecule has 0 unspecified atom stereocenters. The number of nitrogens with zero attached hydrogens (tertiary/aromatic N) is 4. The number of hydrazone groups is 1. The van der Waals surface area contributed by atoms with Crippen molar-refractivity contribution in [1.82, 2.24) is 20.2 Å². The average Bonchev–Trinajstić information content (AvgIpc) is 3.03. The van der Waals surface area contributed by atoms with Crippen LogP contribution in [0.1, 0.15) is 5.56 Å². The van der Waals surface area contributed by atoms with Crippen molar-refractivity contribution in [2.75, 3.05) is 5.75 Å². The van der Waals surface area contributed by atoms with E-state index in [1.807, 2.05) is 23.7 Å². The zero-order valence-corrected chi connectivity index (χ0v) is 15.9. The molecule has 0 bridgehead atoms. The lowest BCUT2D eigenvalue weighted by molar-refractivity contribution is -0.118. The van der Waals surface area contributed by atoms with Crippen LogP contribution in [0.25, 0.3) is 11.4 Å². The monoisotopic (exact) mass is 401 g/mol. The van der Waals surface area contributed by atoms with E-state index in [2.05, 4.69) is 20.7 Å². The molecule has 3 aromatic rings. The van der Waals surface area contributed by atoms with E-state index >= 15 is 0 Å². The molecule has 0 radical (unpaired) electrons. The maximum atomic E-state index is 11.9. The van der Waals surface area contributed by atoms with Gasteiger partial charge < -0.3 is 9.67 Å². The van der Waals surface area contributed by atoms with Gasteiger partial charge in [-0.2, -0.15) is 5.10 Å². The minimum absolute atomic E-state index is 0.152. The zero-order chi connectivity index (χ0) is 19.2. The summed E-state index contributed by atoms with van der Waals surface area (Å²) in [5, 5.41) is 22.7. The second kappa shape index (κ2) is 8.70. The lowest BCUT2D eigenvalue weighted by Gasteiger charge is -2.04. The van der Waals surface area contributed by atoms with Gasteiger partial charge in [-0.05, 0) is 54.1 Å². The summed E-state index contributed by atoms with van der Waals surface area (Å²) >= 11 is 7.17. The number of halogens is 1. The smallest absolute Gasteiger partial charge is 0.250 e. The Labute approximate surface area is 165 Å². The summed E-state index contributed by atoms with van der Waals surface area (Å²) < 4.78 is 1.82. The molecule has 0 saturated carbocycles. The standard InChI is InChI=1S/C18H16ClN5O2S/c1-24-17(13-4-6-14(19)7-5-13)22-23-18(24)27-11-16(26)21-20-10-12-2-8-15(25)9-3-12/h2-10,25H,11H2,1H3,(H,21,26)/b20-10+. The van der Waals surface area contributed by atoms with Crippen LogP contribution in [0.4, 0.5) is 0 Å². The van der Waals surface area contributed by atoms with Gasteiger partial charge in [0.15, 0.2) is 11.0 Å². The van der Waals surface area contributed by atoms with E-state index in [-0.39, 0.29) is 17.4 Å². The molecule has 0 fully saturated rings. The fourth-order valence-corrected chi connectivity index (χ4v) is 3.02. The first-order chi connectivity index (χ1) is 13.0. The zero-order valence-electron chi connectivity index (χ0n) is 14.3. The minimum Gasteiger partial charge on any atom is -0.508 e. The number of hydrogen-bond acceptors (Lipinski definition) is 6. The van der Waals surface area contributed by atoms with Gasteiger partial charge in [-0.25, -0.2) is 5.43 Å². The quantitative estimate of drug-likeness (QED) is 0.376. The van der Waals surface area contributed by atoms with Crippen molar-refractivity contribution in [3.63, 3.8) is 0 Å². The molecule has 0 aliphatic heterocycles. The van der Waals surface area contributed by atoms with Crippen LogP contribution in [0.5, 0.6) is 5.75 Å². The molecule has 2 aromatic carbocycles. The molecule has 3 rings (SSSR count). The summed E-state index contributed by atoms with van der Waals surface area (Å²) in [6.07, 6.45) is 1.50. The number of thioether (sulfide) groups is 1. The Hall–Kier alpha value is -2.84.